The molecule has 1 heterocycles. The number of fused-ring (bicyclic) bond motifs is 1. The number of nitrogens with two attached hydrogens (primary N) is 1. The summed E-state index contributed by atoms with van der Waals surface area (Å²) in [6.45, 7) is 0. The first-order valence-corrected chi connectivity index (χ1v) is 4.73. The molecule has 0 radical (unpaired) electrons. The van der Waals surface area contributed by atoms with Gasteiger partial charge in [0.1, 0.15) is 5.75 Å². The van der Waals surface area contributed by atoms with E-state index in [2.05, 4.69) is 15.9 Å². The minimum Gasteiger partial charge on any atom is -0.508 e. The van der Waals surface area contributed by atoms with Crippen molar-refractivity contribution in [1.29, 1.82) is 0 Å². The van der Waals surface area contributed by atoms with Gasteiger partial charge in [-0.3, -0.25) is 0 Å². The molecule has 0 bridgehead atoms. The van der Waals surface area contributed by atoms with Gasteiger partial charge < -0.3 is 20.4 Å². The fraction of sp³-hybridized carbons (Fsp3) is 0. The largest absolute Gasteiger partial charge is 0.508 e. The third-order valence-electron chi connectivity index (χ3n) is 1.96. The monoisotopic (exact) mass is 271 g/mol. The summed E-state index contributed by atoms with van der Waals surface area (Å²) in [7, 11) is 0. The first kappa shape index (κ1) is 9.85. The third kappa shape index (κ3) is 1.42. The smallest absolute Gasteiger partial charge is 0.374 e. The van der Waals surface area contributed by atoms with Crippen LogP contribution in [0.1, 0.15) is 10.6 Å². The molecule has 0 aliphatic heterocycles. The van der Waals surface area contributed by atoms with Crippen LogP contribution in [0.3, 0.4) is 0 Å². The topological polar surface area (TPSA) is 96.7 Å². The summed E-state index contributed by atoms with van der Waals surface area (Å²) in [6, 6.07) is 2.75. The molecule has 0 amide bonds. The molecule has 4 N–H and O–H groups in total. The van der Waals surface area contributed by atoms with Gasteiger partial charge in [-0.25, -0.2) is 4.79 Å². The number of rotatable bonds is 1. The number of hydrogen-bond donors (Lipinski definition) is 3. The van der Waals surface area contributed by atoms with Gasteiger partial charge in [0, 0.05) is 5.39 Å². The van der Waals surface area contributed by atoms with Gasteiger partial charge >= 0.3 is 5.97 Å². The molecule has 0 saturated heterocycles. The molecule has 2 rings (SSSR count). The zero-order valence-corrected chi connectivity index (χ0v) is 8.91. The molecule has 0 spiro atoms. The van der Waals surface area contributed by atoms with E-state index in [0.29, 0.717) is 15.4 Å². The lowest BCUT2D eigenvalue weighted by molar-refractivity contribution is 0.0666. The van der Waals surface area contributed by atoms with Crippen molar-refractivity contribution in [1.82, 2.24) is 0 Å². The maximum Gasteiger partial charge on any atom is 0.374 e. The van der Waals surface area contributed by atoms with Gasteiger partial charge in [0.2, 0.25) is 5.76 Å². The Morgan fingerprint density at radius 3 is 2.73 bits per heavy atom. The van der Waals surface area contributed by atoms with Crippen LogP contribution in [0.2, 0.25) is 0 Å². The van der Waals surface area contributed by atoms with Crippen molar-refractivity contribution in [3.8, 4) is 5.75 Å². The Kier molecular flexibility index (Phi) is 2.08. The lowest BCUT2D eigenvalue weighted by Crippen LogP contribution is -1.98. The number of carbonyl (C=O) groups is 1. The Morgan fingerprint density at radius 1 is 1.47 bits per heavy atom. The lowest BCUT2D eigenvalue weighted by atomic mass is 10.2. The molecule has 6 heteroatoms. The van der Waals surface area contributed by atoms with Gasteiger partial charge in [0.25, 0.3) is 0 Å². The molecule has 0 aliphatic rings. The molecular weight excluding hydrogens is 266 g/mol. The lowest BCUT2D eigenvalue weighted by Gasteiger charge is -1.94. The van der Waals surface area contributed by atoms with E-state index >= 15 is 0 Å². The molecule has 0 saturated carbocycles. The van der Waals surface area contributed by atoms with E-state index < -0.39 is 5.97 Å². The quantitative estimate of drug-likeness (QED) is 0.739. The Balaban J connectivity index is 2.88. The van der Waals surface area contributed by atoms with Crippen molar-refractivity contribution < 1.29 is 19.4 Å². The Labute approximate surface area is 92.2 Å². The summed E-state index contributed by atoms with van der Waals surface area (Å²) in [5.41, 5.74) is 5.89. The summed E-state index contributed by atoms with van der Waals surface area (Å²) in [5.74, 6) is -1.58. The number of aromatic carboxylic acids is 1. The normalized spacial score (nSPS) is 10.7. The van der Waals surface area contributed by atoms with E-state index in [-0.39, 0.29) is 17.2 Å². The number of benzene rings is 1. The highest BCUT2D eigenvalue weighted by Gasteiger charge is 2.19. The van der Waals surface area contributed by atoms with Crippen LogP contribution in [-0.2, 0) is 0 Å². The number of anilines is 1. The summed E-state index contributed by atoms with van der Waals surface area (Å²) in [4.78, 5) is 10.7. The number of aromatic hydroxyl groups is 1. The average molecular weight is 272 g/mol. The maximum absolute atomic E-state index is 10.7. The number of nitrogen functional groups attached to an aromatic ring is 1. The van der Waals surface area contributed by atoms with Crippen LogP contribution in [0.25, 0.3) is 11.0 Å². The van der Waals surface area contributed by atoms with Gasteiger partial charge in [-0.05, 0) is 28.1 Å². The van der Waals surface area contributed by atoms with Crippen molar-refractivity contribution in [3.63, 3.8) is 0 Å². The van der Waals surface area contributed by atoms with Crippen LogP contribution in [-0.4, -0.2) is 16.2 Å². The number of hydrogen-bond acceptors (Lipinski definition) is 4. The molecule has 15 heavy (non-hydrogen) atoms. The zero-order valence-electron chi connectivity index (χ0n) is 7.32. The SMILES string of the molecule is Nc1c(C(=O)O)oc2c(Br)cc(O)cc12. The van der Waals surface area contributed by atoms with Gasteiger partial charge in [-0.1, -0.05) is 0 Å². The molecule has 1 aromatic carbocycles. The molecule has 0 atom stereocenters. The second kappa shape index (κ2) is 3.16. The van der Waals surface area contributed by atoms with Crippen molar-refractivity contribution in [2.24, 2.45) is 0 Å². The minimum atomic E-state index is -1.24. The van der Waals surface area contributed by atoms with Gasteiger partial charge in [0.05, 0.1) is 10.2 Å². The number of phenolic OH excluding ortho intramolecular Hbond substituents is 1. The Hall–Kier alpha value is -1.69. The molecule has 0 unspecified atom stereocenters. The fourth-order valence-electron chi connectivity index (χ4n) is 1.32. The maximum atomic E-state index is 10.7. The van der Waals surface area contributed by atoms with Crippen molar-refractivity contribution >= 4 is 38.6 Å². The van der Waals surface area contributed by atoms with Crippen LogP contribution in [0, 0.1) is 0 Å². The predicted molar refractivity (Wildman–Crippen MR) is 57.0 cm³/mol. The first-order valence-electron chi connectivity index (χ1n) is 3.94. The summed E-state index contributed by atoms with van der Waals surface area (Å²) in [6.07, 6.45) is 0. The zero-order chi connectivity index (χ0) is 11.2. The van der Waals surface area contributed by atoms with E-state index in [9.17, 15) is 9.90 Å². The second-order valence-corrected chi connectivity index (χ2v) is 3.81. The van der Waals surface area contributed by atoms with Crippen LogP contribution in [0.5, 0.6) is 5.75 Å². The summed E-state index contributed by atoms with van der Waals surface area (Å²) >= 11 is 3.14. The van der Waals surface area contributed by atoms with Crippen molar-refractivity contribution in [3.05, 3.63) is 22.4 Å². The van der Waals surface area contributed by atoms with E-state index in [0.717, 1.165) is 0 Å². The van der Waals surface area contributed by atoms with Gasteiger partial charge in [-0.15, -0.1) is 0 Å². The van der Waals surface area contributed by atoms with Crippen LogP contribution in [0.4, 0.5) is 5.69 Å². The predicted octanol–water partition coefficient (Wildman–Crippen LogP) is 2.18. The Bertz CT molecular complexity index is 561. The number of furan rings is 1. The second-order valence-electron chi connectivity index (χ2n) is 2.95. The summed E-state index contributed by atoms with van der Waals surface area (Å²) in [5, 5.41) is 18.5. The molecule has 78 valence electrons. The highest BCUT2D eigenvalue weighted by molar-refractivity contribution is 9.10. The molecular formula is C9H6BrNO4. The van der Waals surface area contributed by atoms with E-state index in [1.807, 2.05) is 0 Å². The number of halogens is 1. The van der Waals surface area contributed by atoms with Gasteiger partial charge in [0.15, 0.2) is 5.58 Å². The number of carboxylic acids is 1. The number of phenols is 1. The van der Waals surface area contributed by atoms with Crippen molar-refractivity contribution in [2.45, 2.75) is 0 Å². The number of carboxylic acid groups (broad SMARTS) is 1. The molecule has 5 nitrogen and oxygen atoms in total. The van der Waals surface area contributed by atoms with Gasteiger partial charge in [-0.2, -0.15) is 0 Å². The van der Waals surface area contributed by atoms with Crippen LogP contribution in [0.15, 0.2) is 21.0 Å². The Morgan fingerprint density at radius 2 is 2.13 bits per heavy atom. The van der Waals surface area contributed by atoms with Crippen LogP contribution >= 0.6 is 15.9 Å². The van der Waals surface area contributed by atoms with E-state index in [1.54, 1.807) is 0 Å². The highest BCUT2D eigenvalue weighted by atomic mass is 79.9. The molecule has 0 aliphatic carbocycles. The summed E-state index contributed by atoms with van der Waals surface area (Å²) < 4.78 is 5.52. The van der Waals surface area contributed by atoms with Crippen LogP contribution < -0.4 is 5.73 Å². The fourth-order valence-corrected chi connectivity index (χ4v) is 1.85. The van der Waals surface area contributed by atoms with E-state index in [4.69, 9.17) is 15.3 Å². The molecule has 0 fully saturated rings. The molecule has 2 aromatic rings. The standard InChI is InChI=1S/C9H6BrNO4/c10-5-2-3(12)1-4-6(11)8(9(13)14)15-7(4)5/h1-2,12H,11H2,(H,13,14). The average Bonchev–Trinajstić information content (AvgIpc) is 2.44. The highest BCUT2D eigenvalue weighted by Crippen LogP contribution is 2.36. The minimum absolute atomic E-state index is 0.00843. The van der Waals surface area contributed by atoms with Crippen molar-refractivity contribution in [2.75, 3.05) is 5.73 Å². The van der Waals surface area contributed by atoms with E-state index in [1.165, 1.54) is 12.1 Å². The third-order valence-corrected chi connectivity index (χ3v) is 2.55. The molecule has 1 aromatic heterocycles. The first-order chi connectivity index (χ1) is 7.00.